The van der Waals surface area contributed by atoms with Crippen LogP contribution in [0.5, 0.6) is 11.5 Å². The Kier molecular flexibility index (Phi) is 7.75. The summed E-state index contributed by atoms with van der Waals surface area (Å²) in [4.78, 5) is 9.90. The smallest absolute Gasteiger partial charge is 0.434 e. The predicted octanol–water partition coefficient (Wildman–Crippen LogP) is 4.11. The van der Waals surface area contributed by atoms with E-state index in [4.69, 9.17) is 9.47 Å². The monoisotopic (exact) mass is 528 g/mol. The van der Waals surface area contributed by atoms with Crippen LogP contribution < -0.4 is 14.8 Å². The van der Waals surface area contributed by atoms with Gasteiger partial charge in [-0.05, 0) is 24.6 Å². The van der Waals surface area contributed by atoms with Crippen molar-refractivity contribution in [2.75, 3.05) is 20.4 Å². The highest BCUT2D eigenvalue weighted by atomic mass is 127. The van der Waals surface area contributed by atoms with Gasteiger partial charge < -0.3 is 19.7 Å². The van der Waals surface area contributed by atoms with Gasteiger partial charge in [0, 0.05) is 25.5 Å². The molecule has 0 radical (unpaired) electrons. The van der Waals surface area contributed by atoms with Crippen molar-refractivity contribution in [2.24, 2.45) is 4.99 Å². The maximum Gasteiger partial charge on any atom is 0.434 e. The third kappa shape index (κ3) is 5.63. The number of nitrogens with zero attached hydrogens (tertiary/aromatic N) is 3. The molecule has 2 aromatic rings. The Hall–Kier alpha value is -1.76. The molecule has 0 bridgehead atoms. The molecule has 3 rings (SSSR count). The second kappa shape index (κ2) is 9.63. The highest BCUT2D eigenvalue weighted by Crippen LogP contribution is 2.33. The van der Waals surface area contributed by atoms with E-state index in [9.17, 15) is 13.2 Å². The number of fused-ring (bicyclic) bond motifs is 1. The lowest BCUT2D eigenvalue weighted by atomic mass is 10.2. The molecule has 1 aliphatic heterocycles. The molecule has 0 unspecified atom stereocenters. The van der Waals surface area contributed by atoms with Gasteiger partial charge >= 0.3 is 6.18 Å². The molecule has 1 aromatic heterocycles. The standard InChI is InChI=1S/C17H19F3N4O2S.HI/c1-3-21-16(22-7-15-23-14(9-27-15)17(18,19)20)24(2)8-11-4-5-12-13(6-11)26-10-25-12;/h4-6,9H,3,7-8,10H2,1-2H3,(H,21,22);1H. The van der Waals surface area contributed by atoms with Gasteiger partial charge in [0.2, 0.25) is 6.79 Å². The highest BCUT2D eigenvalue weighted by molar-refractivity contribution is 14.0. The van der Waals surface area contributed by atoms with Crippen LogP contribution in [-0.2, 0) is 19.3 Å². The summed E-state index contributed by atoms with van der Waals surface area (Å²) in [7, 11) is 1.86. The predicted molar refractivity (Wildman–Crippen MR) is 111 cm³/mol. The van der Waals surface area contributed by atoms with Crippen LogP contribution in [0.15, 0.2) is 28.6 Å². The van der Waals surface area contributed by atoms with Gasteiger partial charge in [0.25, 0.3) is 0 Å². The number of guanidine groups is 1. The summed E-state index contributed by atoms with van der Waals surface area (Å²) in [5.41, 5.74) is 0.123. The molecule has 11 heteroatoms. The number of nitrogens with one attached hydrogen (secondary N) is 1. The molecule has 2 heterocycles. The largest absolute Gasteiger partial charge is 0.454 e. The van der Waals surface area contributed by atoms with Crippen molar-refractivity contribution in [1.29, 1.82) is 0 Å². The van der Waals surface area contributed by atoms with E-state index >= 15 is 0 Å². The number of aliphatic imine (C=N–C) groups is 1. The molecule has 6 nitrogen and oxygen atoms in total. The van der Waals surface area contributed by atoms with Crippen molar-refractivity contribution in [3.63, 3.8) is 0 Å². The number of alkyl halides is 3. The molecule has 0 saturated carbocycles. The summed E-state index contributed by atoms with van der Waals surface area (Å²) in [6.45, 7) is 3.40. The summed E-state index contributed by atoms with van der Waals surface area (Å²) in [5.74, 6) is 2.00. The summed E-state index contributed by atoms with van der Waals surface area (Å²) in [6.07, 6.45) is -4.43. The fraction of sp³-hybridized carbons (Fsp3) is 0.412. The molecule has 1 N–H and O–H groups in total. The number of ether oxygens (including phenoxy) is 2. The van der Waals surface area contributed by atoms with Gasteiger partial charge in [-0.2, -0.15) is 13.2 Å². The quantitative estimate of drug-likeness (QED) is 0.360. The van der Waals surface area contributed by atoms with E-state index in [0.717, 1.165) is 22.3 Å². The Morgan fingerprint density at radius 3 is 2.75 bits per heavy atom. The fourth-order valence-corrected chi connectivity index (χ4v) is 3.24. The van der Waals surface area contributed by atoms with Crippen LogP contribution in [0.4, 0.5) is 13.2 Å². The lowest BCUT2D eigenvalue weighted by Gasteiger charge is -2.22. The molecule has 28 heavy (non-hydrogen) atoms. The zero-order chi connectivity index (χ0) is 19.4. The van der Waals surface area contributed by atoms with Gasteiger partial charge in [0.15, 0.2) is 23.2 Å². The Morgan fingerprint density at radius 2 is 2.07 bits per heavy atom. The van der Waals surface area contributed by atoms with Crippen LogP contribution in [0, 0.1) is 0 Å². The second-order valence-electron chi connectivity index (χ2n) is 5.84. The average molecular weight is 528 g/mol. The number of rotatable bonds is 5. The topological polar surface area (TPSA) is 59.0 Å². The zero-order valence-electron chi connectivity index (χ0n) is 15.2. The van der Waals surface area contributed by atoms with E-state index in [2.05, 4.69) is 15.3 Å². The van der Waals surface area contributed by atoms with E-state index in [1.807, 2.05) is 37.1 Å². The first-order chi connectivity index (χ1) is 12.9. The van der Waals surface area contributed by atoms with Crippen LogP contribution >= 0.6 is 35.3 Å². The first-order valence-electron chi connectivity index (χ1n) is 8.26. The molecule has 154 valence electrons. The van der Waals surface area contributed by atoms with Crippen LogP contribution in [0.3, 0.4) is 0 Å². The average Bonchev–Trinajstić information content (AvgIpc) is 3.26. The first-order valence-corrected chi connectivity index (χ1v) is 9.14. The lowest BCUT2D eigenvalue weighted by molar-refractivity contribution is -0.140. The summed E-state index contributed by atoms with van der Waals surface area (Å²) < 4.78 is 48.6. The fourth-order valence-electron chi connectivity index (χ4n) is 2.51. The van der Waals surface area contributed by atoms with Crippen LogP contribution in [0.25, 0.3) is 0 Å². The van der Waals surface area contributed by atoms with Gasteiger partial charge in [-0.1, -0.05) is 6.07 Å². The van der Waals surface area contributed by atoms with Crippen molar-refractivity contribution in [3.8, 4) is 11.5 Å². The summed E-state index contributed by atoms with van der Waals surface area (Å²) in [5, 5.41) is 4.46. The minimum absolute atomic E-state index is 0. The van der Waals surface area contributed by atoms with Crippen LogP contribution in [0.2, 0.25) is 0 Å². The highest BCUT2D eigenvalue weighted by Gasteiger charge is 2.33. The number of thiazole rings is 1. The van der Waals surface area contributed by atoms with E-state index in [1.165, 1.54) is 0 Å². The number of hydrogen-bond donors (Lipinski definition) is 1. The van der Waals surface area contributed by atoms with Crippen molar-refractivity contribution in [1.82, 2.24) is 15.2 Å². The molecule has 0 aliphatic carbocycles. The third-order valence-electron chi connectivity index (χ3n) is 3.76. The van der Waals surface area contributed by atoms with Crippen molar-refractivity contribution in [3.05, 3.63) is 39.8 Å². The number of aromatic nitrogens is 1. The van der Waals surface area contributed by atoms with Crippen molar-refractivity contribution >= 4 is 41.3 Å². The van der Waals surface area contributed by atoms with Crippen LogP contribution in [-0.4, -0.2) is 36.2 Å². The summed E-state index contributed by atoms with van der Waals surface area (Å²) >= 11 is 0.951. The number of halogens is 4. The van der Waals surface area contributed by atoms with E-state index in [-0.39, 0.29) is 37.3 Å². The molecule has 1 aliphatic rings. The van der Waals surface area contributed by atoms with Gasteiger partial charge in [-0.3, -0.25) is 0 Å². The number of hydrogen-bond acceptors (Lipinski definition) is 5. The van der Waals surface area contributed by atoms with Gasteiger partial charge in [-0.15, -0.1) is 35.3 Å². The van der Waals surface area contributed by atoms with Crippen molar-refractivity contribution in [2.45, 2.75) is 26.2 Å². The Balaban J connectivity index is 0.00000280. The number of benzene rings is 1. The maximum absolute atomic E-state index is 12.7. The summed E-state index contributed by atoms with van der Waals surface area (Å²) in [6, 6.07) is 5.69. The molecule has 0 saturated heterocycles. The molecule has 0 amide bonds. The molecule has 0 atom stereocenters. The minimum atomic E-state index is -4.43. The maximum atomic E-state index is 12.7. The Labute approximate surface area is 181 Å². The third-order valence-corrected chi connectivity index (χ3v) is 4.59. The Bertz CT molecular complexity index is 829. The SMILES string of the molecule is CCNC(=NCc1nc(C(F)(F)F)cs1)N(C)Cc1ccc2c(c1)OCO2.I. The van der Waals surface area contributed by atoms with Gasteiger partial charge in [0.05, 0.1) is 6.54 Å². The normalized spacial score (nSPS) is 13.2. The Morgan fingerprint density at radius 1 is 1.32 bits per heavy atom. The van der Waals surface area contributed by atoms with Crippen LogP contribution in [0.1, 0.15) is 23.2 Å². The molecule has 0 spiro atoms. The minimum Gasteiger partial charge on any atom is -0.454 e. The first kappa shape index (κ1) is 22.5. The van der Waals surface area contributed by atoms with Gasteiger partial charge in [0.1, 0.15) is 5.01 Å². The molecule has 1 aromatic carbocycles. The van der Waals surface area contributed by atoms with E-state index in [1.54, 1.807) is 0 Å². The lowest BCUT2D eigenvalue weighted by Crippen LogP contribution is -2.38. The van der Waals surface area contributed by atoms with E-state index < -0.39 is 11.9 Å². The zero-order valence-corrected chi connectivity index (χ0v) is 18.4. The molecular formula is C17H20F3IN4O2S. The van der Waals surface area contributed by atoms with E-state index in [0.29, 0.717) is 35.6 Å². The molecular weight excluding hydrogens is 508 g/mol. The second-order valence-corrected chi connectivity index (χ2v) is 6.78. The molecule has 0 fully saturated rings. The van der Waals surface area contributed by atoms with Crippen molar-refractivity contribution < 1.29 is 22.6 Å². The van der Waals surface area contributed by atoms with Gasteiger partial charge in [-0.25, -0.2) is 9.98 Å².